The summed E-state index contributed by atoms with van der Waals surface area (Å²) in [6.45, 7) is 4.51. The molecule has 3 amide bonds. The zero-order valence-electron chi connectivity index (χ0n) is 18.1. The lowest BCUT2D eigenvalue weighted by Gasteiger charge is -2.42. The normalized spacial score (nSPS) is 17.2. The molecule has 32 heavy (non-hydrogen) atoms. The summed E-state index contributed by atoms with van der Waals surface area (Å²) in [5.74, 6) is -0.0413. The molecule has 9 heteroatoms. The lowest BCUT2D eigenvalue weighted by Crippen LogP contribution is -2.52. The highest BCUT2D eigenvalue weighted by Gasteiger charge is 2.43. The Kier molecular flexibility index (Phi) is 5.37. The Labute approximate surface area is 194 Å². The maximum Gasteiger partial charge on any atom is 0.319 e. The molecule has 1 saturated carbocycles. The summed E-state index contributed by atoms with van der Waals surface area (Å²) in [4.78, 5) is 30.9. The maximum atomic E-state index is 12.8. The number of urea groups is 1. The maximum absolute atomic E-state index is 12.8. The topological polar surface area (TPSA) is 96.3 Å². The molecule has 2 aliphatic rings. The van der Waals surface area contributed by atoms with Gasteiger partial charge in [-0.15, -0.1) is 11.3 Å². The van der Waals surface area contributed by atoms with Gasteiger partial charge in [-0.1, -0.05) is 30.9 Å². The average molecular weight is 473 g/mol. The second kappa shape index (κ2) is 8.08. The fourth-order valence-corrected chi connectivity index (χ4v) is 6.00. The number of carbonyl (C=O) groups is 2. The van der Waals surface area contributed by atoms with Crippen LogP contribution in [0, 0.1) is 13.8 Å². The second-order valence-corrected chi connectivity index (χ2v) is 10.3. The van der Waals surface area contributed by atoms with Crippen molar-refractivity contribution in [2.75, 3.05) is 11.9 Å². The van der Waals surface area contributed by atoms with E-state index in [-0.39, 0.29) is 17.7 Å². The van der Waals surface area contributed by atoms with Gasteiger partial charge in [0.05, 0.1) is 27.0 Å². The second-order valence-electron chi connectivity index (χ2n) is 8.61. The molecule has 0 atom stereocenters. The van der Waals surface area contributed by atoms with Crippen LogP contribution in [0.3, 0.4) is 0 Å². The molecule has 0 unspecified atom stereocenters. The highest BCUT2D eigenvalue weighted by atomic mass is 35.5. The SMILES string of the molecule is Cc1nc(CCNC(=O)c2cc3cc(Cl)c4c(c3o2)C2(CCCCC2)NC(=O)N4)sc1C. The molecule has 2 aromatic heterocycles. The number of rotatable bonds is 4. The van der Waals surface area contributed by atoms with Crippen molar-refractivity contribution >= 4 is 51.5 Å². The minimum atomic E-state index is -0.523. The Bertz CT molecular complexity index is 1210. The van der Waals surface area contributed by atoms with Crippen LogP contribution in [-0.2, 0) is 12.0 Å². The standard InChI is InChI=1S/C23H25ClN4O3S/c1-12-13(2)32-17(26-12)6-9-25-21(29)16-11-14-10-15(24)19-18(20(14)31-16)23(28-22(30)27-19)7-4-3-5-8-23/h10-11H,3-9H2,1-2H3,(H,25,29)(H2,27,28,30). The third kappa shape index (κ3) is 3.65. The van der Waals surface area contributed by atoms with E-state index in [1.807, 2.05) is 13.8 Å². The van der Waals surface area contributed by atoms with Gasteiger partial charge in [-0.25, -0.2) is 9.78 Å². The zero-order chi connectivity index (χ0) is 22.5. The third-order valence-corrected chi connectivity index (χ3v) is 7.89. The summed E-state index contributed by atoms with van der Waals surface area (Å²) in [6.07, 6.45) is 5.46. The molecule has 0 radical (unpaired) electrons. The van der Waals surface area contributed by atoms with E-state index in [1.54, 1.807) is 23.5 Å². The Balaban J connectivity index is 1.44. The molecule has 1 fully saturated rings. The van der Waals surface area contributed by atoms with E-state index >= 15 is 0 Å². The minimum Gasteiger partial charge on any atom is -0.450 e. The number of aryl methyl sites for hydroxylation is 2. The number of furan rings is 1. The number of nitrogens with zero attached hydrogens (tertiary/aromatic N) is 1. The van der Waals surface area contributed by atoms with E-state index < -0.39 is 5.54 Å². The molecule has 1 aliphatic heterocycles. The minimum absolute atomic E-state index is 0.235. The number of aromatic nitrogens is 1. The number of anilines is 1. The molecule has 3 N–H and O–H groups in total. The lowest BCUT2D eigenvalue weighted by molar-refractivity contribution is 0.0928. The predicted molar refractivity (Wildman–Crippen MR) is 126 cm³/mol. The van der Waals surface area contributed by atoms with Gasteiger partial charge in [0.1, 0.15) is 5.58 Å². The zero-order valence-corrected chi connectivity index (χ0v) is 19.6. The van der Waals surface area contributed by atoms with Crippen LogP contribution in [0.15, 0.2) is 16.5 Å². The van der Waals surface area contributed by atoms with Gasteiger partial charge in [0.2, 0.25) is 0 Å². The molecular weight excluding hydrogens is 448 g/mol. The average Bonchev–Trinajstić information content (AvgIpc) is 3.31. The first-order valence-electron chi connectivity index (χ1n) is 10.9. The first kappa shape index (κ1) is 21.3. The smallest absolute Gasteiger partial charge is 0.319 e. The molecule has 168 valence electrons. The Morgan fingerprint density at radius 2 is 2.06 bits per heavy atom. The van der Waals surface area contributed by atoms with Crippen molar-refractivity contribution in [3.8, 4) is 0 Å². The monoisotopic (exact) mass is 472 g/mol. The van der Waals surface area contributed by atoms with Crippen LogP contribution in [0.4, 0.5) is 10.5 Å². The summed E-state index contributed by atoms with van der Waals surface area (Å²) in [5, 5.41) is 11.1. The van der Waals surface area contributed by atoms with Gasteiger partial charge in [-0.3, -0.25) is 4.79 Å². The van der Waals surface area contributed by atoms with Gasteiger partial charge in [0.25, 0.3) is 5.91 Å². The van der Waals surface area contributed by atoms with E-state index in [1.165, 1.54) is 4.88 Å². The van der Waals surface area contributed by atoms with Crippen LogP contribution in [0.25, 0.3) is 11.0 Å². The van der Waals surface area contributed by atoms with Crippen LogP contribution in [-0.4, -0.2) is 23.5 Å². The number of hydrogen-bond donors (Lipinski definition) is 3. The molecule has 1 aliphatic carbocycles. The number of thiazole rings is 1. The van der Waals surface area contributed by atoms with E-state index in [0.717, 1.165) is 53.8 Å². The molecule has 1 spiro atoms. The Hall–Kier alpha value is -2.58. The number of benzene rings is 1. The summed E-state index contributed by atoms with van der Waals surface area (Å²) in [7, 11) is 0. The number of fused-ring (bicyclic) bond motifs is 4. The first-order valence-corrected chi connectivity index (χ1v) is 12.1. The van der Waals surface area contributed by atoms with E-state index in [2.05, 4.69) is 20.9 Å². The van der Waals surface area contributed by atoms with Crippen LogP contribution in [0.1, 0.15) is 63.8 Å². The van der Waals surface area contributed by atoms with Gasteiger partial charge in [0, 0.05) is 28.8 Å². The first-order chi connectivity index (χ1) is 15.4. The highest BCUT2D eigenvalue weighted by Crippen LogP contribution is 2.48. The Morgan fingerprint density at radius 3 is 2.78 bits per heavy atom. The van der Waals surface area contributed by atoms with Crippen molar-refractivity contribution in [2.45, 2.75) is 57.9 Å². The Morgan fingerprint density at radius 1 is 1.28 bits per heavy atom. The number of carbonyl (C=O) groups excluding carboxylic acids is 2. The van der Waals surface area contributed by atoms with Crippen molar-refractivity contribution in [3.05, 3.63) is 44.1 Å². The third-order valence-electron chi connectivity index (χ3n) is 6.46. The van der Waals surface area contributed by atoms with Crippen LogP contribution < -0.4 is 16.0 Å². The molecular formula is C23H25ClN4O3S. The van der Waals surface area contributed by atoms with Crippen molar-refractivity contribution in [3.63, 3.8) is 0 Å². The number of halogens is 1. The van der Waals surface area contributed by atoms with Gasteiger partial charge in [-0.2, -0.15) is 0 Å². The molecule has 1 aromatic carbocycles. The lowest BCUT2D eigenvalue weighted by atomic mass is 9.74. The number of nitrogens with one attached hydrogen (secondary N) is 3. The number of hydrogen-bond acceptors (Lipinski definition) is 5. The summed E-state index contributed by atoms with van der Waals surface area (Å²) in [6, 6.07) is 3.22. The van der Waals surface area contributed by atoms with Crippen LogP contribution >= 0.6 is 22.9 Å². The van der Waals surface area contributed by atoms with E-state index in [9.17, 15) is 9.59 Å². The highest BCUT2D eigenvalue weighted by molar-refractivity contribution is 7.11. The molecule has 5 rings (SSSR count). The molecule has 0 bridgehead atoms. The van der Waals surface area contributed by atoms with Crippen molar-refractivity contribution in [1.29, 1.82) is 0 Å². The largest absolute Gasteiger partial charge is 0.450 e. The summed E-state index contributed by atoms with van der Waals surface area (Å²) in [5.41, 5.74) is 2.56. The van der Waals surface area contributed by atoms with Crippen molar-refractivity contribution in [1.82, 2.24) is 15.6 Å². The summed E-state index contributed by atoms with van der Waals surface area (Å²) >= 11 is 8.21. The van der Waals surface area contributed by atoms with Gasteiger partial charge in [0.15, 0.2) is 5.76 Å². The number of amides is 3. The van der Waals surface area contributed by atoms with Gasteiger partial charge in [-0.05, 0) is 38.8 Å². The van der Waals surface area contributed by atoms with E-state index in [4.69, 9.17) is 16.0 Å². The molecule has 7 nitrogen and oxygen atoms in total. The van der Waals surface area contributed by atoms with Crippen LogP contribution in [0.2, 0.25) is 5.02 Å². The van der Waals surface area contributed by atoms with Crippen molar-refractivity contribution < 1.29 is 14.0 Å². The quantitative estimate of drug-likeness (QED) is 0.472. The fraction of sp³-hybridized carbons (Fsp3) is 0.435. The predicted octanol–water partition coefficient (Wildman–Crippen LogP) is 5.43. The van der Waals surface area contributed by atoms with Crippen molar-refractivity contribution in [2.24, 2.45) is 0 Å². The van der Waals surface area contributed by atoms with Gasteiger partial charge >= 0.3 is 6.03 Å². The fourth-order valence-electron chi connectivity index (χ4n) is 4.81. The van der Waals surface area contributed by atoms with Gasteiger partial charge < -0.3 is 20.4 Å². The summed E-state index contributed by atoms with van der Waals surface area (Å²) < 4.78 is 6.10. The molecule has 3 heterocycles. The molecule has 3 aromatic rings. The van der Waals surface area contributed by atoms with Crippen LogP contribution in [0.5, 0.6) is 0 Å². The van der Waals surface area contributed by atoms with E-state index in [0.29, 0.717) is 29.3 Å². The molecule has 0 saturated heterocycles.